The molecule has 4 rings (SSSR count). The largest absolute Gasteiger partial charge is 0.478 e. The van der Waals surface area contributed by atoms with Crippen LogP contribution in [0.15, 0.2) is 72.8 Å². The molecule has 282 valence electrons. The molecule has 4 aromatic carbocycles. The number of halogens is 6. The van der Waals surface area contributed by atoms with Gasteiger partial charge >= 0.3 is 5.97 Å². The number of aliphatic hydroxyl groups is 2. The number of carboxylic acids is 1. The smallest absolute Gasteiger partial charge is 0.338 e. The lowest BCUT2D eigenvalue weighted by Gasteiger charge is -2.04. The van der Waals surface area contributed by atoms with Crippen molar-refractivity contribution in [3.8, 4) is 11.8 Å². The Kier molecular flexibility index (Phi) is 22.3. The fourth-order valence-electron chi connectivity index (χ4n) is 4.13. The first-order valence-electron chi connectivity index (χ1n) is 16.1. The number of carbonyl (C=O) groups excluding carboxylic acids is 3. The third-order valence-corrected chi connectivity index (χ3v) is 8.23. The lowest BCUT2D eigenvalue weighted by atomic mass is 10.0. The van der Waals surface area contributed by atoms with E-state index in [0.29, 0.717) is 34.8 Å². The number of benzene rings is 4. The molecule has 0 bridgehead atoms. The number of hydrogen-bond acceptors (Lipinski definition) is 6. The van der Waals surface area contributed by atoms with E-state index < -0.39 is 29.2 Å². The summed E-state index contributed by atoms with van der Waals surface area (Å²) in [5, 5.41) is 25.6. The zero-order chi connectivity index (χ0) is 40.1. The minimum Gasteiger partial charge on any atom is -0.478 e. The zero-order valence-corrected chi connectivity index (χ0v) is 33.4. The van der Waals surface area contributed by atoms with Crippen LogP contribution in [0.1, 0.15) is 99.0 Å². The van der Waals surface area contributed by atoms with Gasteiger partial charge in [-0.1, -0.05) is 38.7 Å². The second-order valence-electron chi connectivity index (χ2n) is 10.7. The Morgan fingerprint density at radius 1 is 0.604 bits per heavy atom. The second-order valence-corrected chi connectivity index (χ2v) is 13.2. The summed E-state index contributed by atoms with van der Waals surface area (Å²) in [5.74, 6) is 1.13. The topological polar surface area (TPSA) is 129 Å². The highest BCUT2D eigenvalue weighted by molar-refractivity contribution is 14.1. The predicted octanol–water partition coefficient (Wildman–Crippen LogP) is 9.26. The fraction of sp³-hybridized carbons (Fsp3) is 0.250. The van der Waals surface area contributed by atoms with Gasteiger partial charge in [0.25, 0.3) is 0 Å². The van der Waals surface area contributed by atoms with Crippen molar-refractivity contribution < 1.29 is 52.1 Å². The van der Waals surface area contributed by atoms with E-state index in [4.69, 9.17) is 15.3 Å². The molecule has 0 amide bonds. The van der Waals surface area contributed by atoms with Crippen LogP contribution in [0.25, 0.3) is 0 Å². The molecule has 0 fully saturated rings. The van der Waals surface area contributed by atoms with Crippen LogP contribution in [0, 0.1) is 42.3 Å². The molecule has 0 aliphatic carbocycles. The molecule has 0 atom stereocenters. The molecule has 0 heterocycles. The van der Waals surface area contributed by atoms with Crippen molar-refractivity contribution in [1.82, 2.24) is 0 Å². The summed E-state index contributed by atoms with van der Waals surface area (Å²) in [6.45, 7) is 4.96. The lowest BCUT2D eigenvalue weighted by Crippen LogP contribution is -2.02. The number of aryl methyl sites for hydroxylation is 1. The van der Waals surface area contributed by atoms with E-state index in [-0.39, 0.29) is 59.2 Å². The molecule has 7 nitrogen and oxygen atoms in total. The molecular formula is C40H38F4I2O7. The third kappa shape index (κ3) is 16.7. The first kappa shape index (κ1) is 47.0. The molecule has 0 unspecified atom stereocenters. The summed E-state index contributed by atoms with van der Waals surface area (Å²) < 4.78 is 53.7. The second kappa shape index (κ2) is 25.1. The van der Waals surface area contributed by atoms with E-state index in [1.807, 2.05) is 22.6 Å². The molecule has 0 aliphatic rings. The van der Waals surface area contributed by atoms with Gasteiger partial charge in [-0.25, -0.2) is 22.4 Å². The monoisotopic (exact) mass is 960 g/mol. The van der Waals surface area contributed by atoms with E-state index >= 15 is 0 Å². The molecule has 0 aliphatic heterocycles. The molecule has 3 N–H and O–H groups in total. The minimum atomic E-state index is -1.24. The van der Waals surface area contributed by atoms with Crippen molar-refractivity contribution in [2.45, 2.75) is 52.9 Å². The quantitative estimate of drug-likeness (QED) is 0.0626. The number of hydrogen-bond donors (Lipinski definition) is 3. The Morgan fingerprint density at radius 3 is 1.45 bits per heavy atom. The van der Waals surface area contributed by atoms with Crippen LogP contribution < -0.4 is 0 Å². The minimum absolute atomic E-state index is 0.0576. The first-order chi connectivity index (χ1) is 25.1. The van der Waals surface area contributed by atoms with Gasteiger partial charge in [0, 0.05) is 38.6 Å². The van der Waals surface area contributed by atoms with Crippen molar-refractivity contribution in [2.75, 3.05) is 13.2 Å². The maximum Gasteiger partial charge on any atom is 0.338 e. The Hall–Kier alpha value is -3.98. The van der Waals surface area contributed by atoms with Crippen LogP contribution in [-0.2, 0) is 6.42 Å². The van der Waals surface area contributed by atoms with Crippen molar-refractivity contribution >= 4 is 68.5 Å². The summed E-state index contributed by atoms with van der Waals surface area (Å²) in [4.78, 5) is 44.2. The number of aromatic carboxylic acids is 1. The summed E-state index contributed by atoms with van der Waals surface area (Å²) >= 11 is 3.98. The molecule has 53 heavy (non-hydrogen) atoms. The molecule has 13 heteroatoms. The highest BCUT2D eigenvalue weighted by Gasteiger charge is 2.12. The van der Waals surface area contributed by atoms with Crippen LogP contribution in [0.3, 0.4) is 0 Å². The summed E-state index contributed by atoms with van der Waals surface area (Å²) in [7, 11) is 0. The Bertz CT molecular complexity index is 1940. The van der Waals surface area contributed by atoms with Crippen molar-refractivity contribution in [1.29, 1.82) is 0 Å². The normalized spacial score (nSPS) is 9.79. The Morgan fingerprint density at radius 2 is 1.02 bits per heavy atom. The van der Waals surface area contributed by atoms with Crippen LogP contribution in [-0.4, -0.2) is 51.9 Å². The van der Waals surface area contributed by atoms with Gasteiger partial charge in [-0.15, -0.1) is 0 Å². The number of ketones is 3. The number of rotatable bonds is 10. The first-order valence-corrected chi connectivity index (χ1v) is 18.3. The van der Waals surface area contributed by atoms with Gasteiger partial charge in [0.2, 0.25) is 0 Å². The van der Waals surface area contributed by atoms with Crippen LogP contribution in [0.4, 0.5) is 17.6 Å². The number of carbonyl (C=O) groups is 4. The van der Waals surface area contributed by atoms with Crippen LogP contribution >= 0.6 is 45.2 Å². The average molecular weight is 961 g/mol. The standard InChI is InChI=1S/C12H15FO2.C12H11FO2.C9H8FIO.C7H4FIO2/c2*1-2-12(15)10-8-9(4-3-7-14)5-6-11(10)13;1-2-9(12)7-5-6(11)3-4-8(7)10;8-6-2-1-4(9)3-5(6)7(10)11/h5-6,8,14H,2-4,7H2,1H3;5-6,8,14H,2,7H2,1H3;3-5H,2H2,1H3;1-3H,(H,10,11). The number of aliphatic hydroxyl groups excluding tert-OH is 2. The third-order valence-electron chi connectivity index (χ3n) is 6.88. The lowest BCUT2D eigenvalue weighted by molar-refractivity contribution is 0.0691. The van der Waals surface area contributed by atoms with Gasteiger partial charge < -0.3 is 15.3 Å². The van der Waals surface area contributed by atoms with E-state index in [0.717, 1.165) is 15.2 Å². The highest BCUT2D eigenvalue weighted by Crippen LogP contribution is 2.16. The molecule has 0 radical (unpaired) electrons. The van der Waals surface area contributed by atoms with Gasteiger partial charge in [0.1, 0.15) is 29.9 Å². The van der Waals surface area contributed by atoms with Gasteiger partial charge in [0.15, 0.2) is 17.3 Å². The molecule has 4 aromatic rings. The zero-order valence-electron chi connectivity index (χ0n) is 29.1. The molecular weight excluding hydrogens is 922 g/mol. The summed E-state index contributed by atoms with van der Waals surface area (Å²) in [6.07, 6.45) is 2.21. The SMILES string of the molecule is CCC(=O)c1cc(C#CCO)ccc1F.CCC(=O)c1cc(CCCO)ccc1F.CCC(=O)c1cc(I)ccc1F.O=C(O)c1cc(I)ccc1F. The fourth-order valence-corrected chi connectivity index (χ4v) is 5.11. The molecule has 0 aromatic heterocycles. The van der Waals surface area contributed by atoms with E-state index in [2.05, 4.69) is 34.4 Å². The highest BCUT2D eigenvalue weighted by atomic mass is 127. The maximum absolute atomic E-state index is 13.3. The Labute approximate surface area is 333 Å². The van der Waals surface area contributed by atoms with Gasteiger partial charge in [-0.3, -0.25) is 14.4 Å². The van der Waals surface area contributed by atoms with Crippen LogP contribution in [0.2, 0.25) is 0 Å². The average Bonchev–Trinajstić information content (AvgIpc) is 3.15. The van der Waals surface area contributed by atoms with Crippen molar-refractivity contribution in [3.63, 3.8) is 0 Å². The van der Waals surface area contributed by atoms with Crippen molar-refractivity contribution in [3.05, 3.63) is 137 Å². The van der Waals surface area contributed by atoms with Gasteiger partial charge in [-0.05, 0) is 130 Å². The Balaban J connectivity index is 0.000000356. The maximum atomic E-state index is 13.3. The number of carboxylic acid groups (broad SMARTS) is 1. The van der Waals surface area contributed by atoms with Gasteiger partial charge in [0.05, 0.1) is 22.3 Å². The molecule has 0 saturated heterocycles. The van der Waals surface area contributed by atoms with Crippen LogP contribution in [0.5, 0.6) is 0 Å². The van der Waals surface area contributed by atoms with E-state index in [1.54, 1.807) is 45.0 Å². The van der Waals surface area contributed by atoms with E-state index in [1.165, 1.54) is 42.5 Å². The predicted molar refractivity (Wildman–Crippen MR) is 211 cm³/mol. The summed E-state index contributed by atoms with van der Waals surface area (Å²) in [5.41, 5.74) is 1.56. The summed E-state index contributed by atoms with van der Waals surface area (Å²) in [6, 6.07) is 17.1. The van der Waals surface area contributed by atoms with Crippen molar-refractivity contribution in [2.24, 2.45) is 0 Å². The number of Topliss-reactive ketones (excluding diaryl/α,β-unsaturated/α-hetero) is 3. The van der Waals surface area contributed by atoms with Gasteiger partial charge in [-0.2, -0.15) is 0 Å². The van der Waals surface area contributed by atoms with E-state index in [9.17, 15) is 36.7 Å². The molecule has 0 spiro atoms. The molecule has 0 saturated carbocycles.